The number of benzene rings is 1. The molecule has 2 aromatic rings. The summed E-state index contributed by atoms with van der Waals surface area (Å²) in [5, 5.41) is 9.62. The van der Waals surface area contributed by atoms with Gasteiger partial charge in [-0.2, -0.15) is 0 Å². The molecule has 0 fully saturated rings. The first kappa shape index (κ1) is 19.8. The Balaban J connectivity index is 2.01. The van der Waals surface area contributed by atoms with Gasteiger partial charge in [0.25, 0.3) is 0 Å². The minimum atomic E-state index is 0.537. The molecular formula is C18H27N5O2S. The topological polar surface area (TPSA) is 71.0 Å². The van der Waals surface area contributed by atoms with Crippen LogP contribution < -0.4 is 25.0 Å². The summed E-state index contributed by atoms with van der Waals surface area (Å²) in [6.45, 7) is 4.00. The minimum Gasteiger partial charge on any atom is -0.493 e. The summed E-state index contributed by atoms with van der Waals surface area (Å²) >= 11 is 1.63. The van der Waals surface area contributed by atoms with Crippen LogP contribution in [0.5, 0.6) is 11.5 Å². The normalized spacial score (nSPS) is 11.2. The molecule has 26 heavy (non-hydrogen) atoms. The average Bonchev–Trinajstić information content (AvgIpc) is 3.13. The maximum Gasteiger partial charge on any atom is 0.191 e. The summed E-state index contributed by atoms with van der Waals surface area (Å²) in [5.41, 5.74) is 2.04. The molecule has 142 valence electrons. The lowest BCUT2D eigenvalue weighted by Gasteiger charge is -2.11. The Kier molecular flexibility index (Phi) is 7.53. The summed E-state index contributed by atoms with van der Waals surface area (Å²) in [6.07, 6.45) is 0. The Morgan fingerprint density at radius 1 is 1.19 bits per heavy atom. The largest absolute Gasteiger partial charge is 0.493 e. The Morgan fingerprint density at radius 3 is 2.58 bits per heavy atom. The average molecular weight is 378 g/mol. The smallest absolute Gasteiger partial charge is 0.191 e. The van der Waals surface area contributed by atoms with E-state index in [0.29, 0.717) is 24.6 Å². The van der Waals surface area contributed by atoms with E-state index < -0.39 is 0 Å². The molecule has 0 aliphatic carbocycles. The molecule has 0 bridgehead atoms. The van der Waals surface area contributed by atoms with Gasteiger partial charge in [-0.15, -0.1) is 11.3 Å². The summed E-state index contributed by atoms with van der Waals surface area (Å²) in [5.74, 6) is 2.17. The first-order valence-electron chi connectivity index (χ1n) is 8.42. The number of ether oxygens (including phenoxy) is 2. The van der Waals surface area contributed by atoms with Crippen LogP contribution in [-0.2, 0) is 13.1 Å². The summed E-state index contributed by atoms with van der Waals surface area (Å²) in [4.78, 5) is 11.2. The van der Waals surface area contributed by atoms with E-state index in [9.17, 15) is 0 Å². The third kappa shape index (κ3) is 5.52. The van der Waals surface area contributed by atoms with Gasteiger partial charge < -0.3 is 25.0 Å². The molecule has 1 aromatic heterocycles. The molecule has 2 N–H and O–H groups in total. The highest BCUT2D eigenvalue weighted by Gasteiger charge is 2.06. The van der Waals surface area contributed by atoms with Crippen LogP contribution in [0.15, 0.2) is 28.6 Å². The summed E-state index contributed by atoms with van der Waals surface area (Å²) in [7, 11) is 7.24. The number of thiazole rings is 1. The maximum atomic E-state index is 5.34. The minimum absolute atomic E-state index is 0.537. The van der Waals surface area contributed by atoms with Crippen LogP contribution >= 0.6 is 11.3 Å². The van der Waals surface area contributed by atoms with Crippen LogP contribution in [0, 0.1) is 0 Å². The van der Waals surface area contributed by atoms with Crippen molar-refractivity contribution in [1.29, 1.82) is 0 Å². The number of aromatic nitrogens is 1. The quantitative estimate of drug-likeness (QED) is 0.544. The Hall–Kier alpha value is -2.48. The van der Waals surface area contributed by atoms with Gasteiger partial charge in [0.2, 0.25) is 0 Å². The van der Waals surface area contributed by atoms with Gasteiger partial charge in [0.1, 0.15) is 0 Å². The second-order valence-electron chi connectivity index (χ2n) is 5.75. The van der Waals surface area contributed by atoms with Gasteiger partial charge in [-0.3, -0.25) is 0 Å². The second-order valence-corrected chi connectivity index (χ2v) is 6.59. The molecule has 1 heterocycles. The van der Waals surface area contributed by atoms with Gasteiger partial charge >= 0.3 is 0 Å². The number of anilines is 1. The van der Waals surface area contributed by atoms with Crippen LogP contribution in [0.1, 0.15) is 18.2 Å². The van der Waals surface area contributed by atoms with E-state index in [1.165, 1.54) is 0 Å². The molecule has 0 spiro atoms. The van der Waals surface area contributed by atoms with Crippen LogP contribution in [0.25, 0.3) is 0 Å². The Morgan fingerprint density at radius 2 is 1.96 bits per heavy atom. The number of aliphatic imine (C=N–C) groups is 1. The highest BCUT2D eigenvalue weighted by Crippen LogP contribution is 2.27. The van der Waals surface area contributed by atoms with E-state index in [2.05, 4.69) is 26.0 Å². The molecule has 7 nitrogen and oxygen atoms in total. The maximum absolute atomic E-state index is 5.34. The van der Waals surface area contributed by atoms with Crippen molar-refractivity contribution in [2.75, 3.05) is 39.8 Å². The molecule has 0 aliphatic heterocycles. The predicted molar refractivity (Wildman–Crippen MR) is 108 cm³/mol. The lowest BCUT2D eigenvalue weighted by molar-refractivity contribution is 0.354. The van der Waals surface area contributed by atoms with Crippen molar-refractivity contribution in [2.45, 2.75) is 20.0 Å². The molecule has 0 saturated carbocycles. The van der Waals surface area contributed by atoms with E-state index in [0.717, 1.165) is 28.9 Å². The van der Waals surface area contributed by atoms with E-state index in [1.54, 1.807) is 25.6 Å². The molecule has 0 atom stereocenters. The molecule has 8 heteroatoms. The zero-order chi connectivity index (χ0) is 18.9. The zero-order valence-corrected chi connectivity index (χ0v) is 16.8. The second kappa shape index (κ2) is 9.86. The highest BCUT2D eigenvalue weighted by atomic mass is 32.1. The van der Waals surface area contributed by atoms with Crippen molar-refractivity contribution in [2.24, 2.45) is 4.99 Å². The standard InChI is InChI=1S/C18H27N5O2S/c1-6-19-17(21-11-14-12-26-18(22-14)23(2)3)20-10-13-7-8-15(24-4)16(9-13)25-5/h7-9,12H,6,10-11H2,1-5H3,(H2,19,20,21). The Labute approximate surface area is 159 Å². The number of methoxy groups -OCH3 is 2. The molecule has 0 amide bonds. The van der Waals surface area contributed by atoms with Crippen LogP contribution in [0.3, 0.4) is 0 Å². The van der Waals surface area contributed by atoms with Crippen LogP contribution in [-0.4, -0.2) is 45.8 Å². The van der Waals surface area contributed by atoms with Gasteiger partial charge in [-0.1, -0.05) is 6.07 Å². The first-order chi connectivity index (χ1) is 12.6. The van der Waals surface area contributed by atoms with E-state index in [1.807, 2.05) is 44.1 Å². The van der Waals surface area contributed by atoms with Crippen molar-refractivity contribution in [3.8, 4) is 11.5 Å². The first-order valence-corrected chi connectivity index (χ1v) is 9.30. The number of hydrogen-bond donors (Lipinski definition) is 2. The van der Waals surface area contributed by atoms with E-state index in [4.69, 9.17) is 9.47 Å². The number of rotatable bonds is 8. The zero-order valence-electron chi connectivity index (χ0n) is 16.0. The third-order valence-electron chi connectivity index (χ3n) is 3.57. The van der Waals surface area contributed by atoms with Crippen LogP contribution in [0.4, 0.5) is 5.13 Å². The fourth-order valence-electron chi connectivity index (χ4n) is 2.25. The third-order valence-corrected chi connectivity index (χ3v) is 4.63. The van der Waals surface area contributed by atoms with Gasteiger partial charge in [0, 0.05) is 26.0 Å². The SMILES string of the molecule is CCNC(=NCc1ccc(OC)c(OC)c1)NCc1csc(N(C)C)n1. The molecule has 2 rings (SSSR count). The monoisotopic (exact) mass is 377 g/mol. The van der Waals surface area contributed by atoms with Crippen molar-refractivity contribution >= 4 is 22.4 Å². The molecule has 0 aliphatic rings. The van der Waals surface area contributed by atoms with Crippen molar-refractivity contribution in [3.63, 3.8) is 0 Å². The van der Waals surface area contributed by atoms with Gasteiger partial charge in [0.15, 0.2) is 22.6 Å². The fourth-order valence-corrected chi connectivity index (χ4v) is 3.01. The highest BCUT2D eigenvalue weighted by molar-refractivity contribution is 7.13. The molecule has 0 unspecified atom stereocenters. The summed E-state index contributed by atoms with van der Waals surface area (Å²) < 4.78 is 10.6. The number of nitrogens with one attached hydrogen (secondary N) is 2. The molecule has 1 aromatic carbocycles. The van der Waals surface area contributed by atoms with Crippen molar-refractivity contribution < 1.29 is 9.47 Å². The number of nitrogens with zero attached hydrogens (tertiary/aromatic N) is 3. The summed E-state index contributed by atoms with van der Waals surface area (Å²) in [6, 6.07) is 5.82. The Bertz CT molecular complexity index is 730. The molecule has 0 saturated heterocycles. The fraction of sp³-hybridized carbons (Fsp3) is 0.444. The number of hydrogen-bond acceptors (Lipinski definition) is 6. The predicted octanol–water partition coefficient (Wildman–Crippen LogP) is 2.48. The molecular weight excluding hydrogens is 350 g/mol. The van der Waals surface area contributed by atoms with Crippen molar-refractivity contribution in [1.82, 2.24) is 15.6 Å². The lowest BCUT2D eigenvalue weighted by Crippen LogP contribution is -2.36. The van der Waals surface area contributed by atoms with E-state index in [-0.39, 0.29) is 0 Å². The van der Waals surface area contributed by atoms with Crippen LogP contribution in [0.2, 0.25) is 0 Å². The number of guanidine groups is 1. The molecule has 0 radical (unpaired) electrons. The van der Waals surface area contributed by atoms with Gasteiger partial charge in [-0.05, 0) is 24.6 Å². The lowest BCUT2D eigenvalue weighted by atomic mass is 10.2. The van der Waals surface area contributed by atoms with Gasteiger partial charge in [-0.25, -0.2) is 9.98 Å². The van der Waals surface area contributed by atoms with E-state index >= 15 is 0 Å². The van der Waals surface area contributed by atoms with Gasteiger partial charge in [0.05, 0.1) is 33.0 Å². The van der Waals surface area contributed by atoms with Crippen molar-refractivity contribution in [3.05, 3.63) is 34.8 Å².